The quantitative estimate of drug-likeness (QED) is 0.870. The van der Waals surface area contributed by atoms with Crippen LogP contribution in [0.15, 0.2) is 34.9 Å². The van der Waals surface area contributed by atoms with Crippen LogP contribution in [0.25, 0.3) is 0 Å². The Balaban J connectivity index is 2.31. The molecule has 0 atom stereocenters. The number of hydrogen-bond donors (Lipinski definition) is 1. The van der Waals surface area contributed by atoms with Crippen molar-refractivity contribution in [1.82, 2.24) is 0 Å². The van der Waals surface area contributed by atoms with Gasteiger partial charge in [-0.3, -0.25) is 0 Å². The van der Waals surface area contributed by atoms with E-state index in [1.54, 1.807) is 6.26 Å². The van der Waals surface area contributed by atoms with E-state index < -0.39 is 0 Å². The third-order valence-corrected chi connectivity index (χ3v) is 3.42. The summed E-state index contributed by atoms with van der Waals surface area (Å²) in [6, 6.07) is 8.13. The molecule has 4 heteroatoms. The third-order valence-electron chi connectivity index (χ3n) is 3.20. The molecule has 2 N–H and O–H groups in total. The number of nitrogens with zero attached hydrogens (tertiary/aromatic N) is 1. The second-order valence-electron chi connectivity index (χ2n) is 4.74. The Kier molecular flexibility index (Phi) is 3.90. The minimum absolute atomic E-state index is 0.425. The van der Waals surface area contributed by atoms with Gasteiger partial charge in [-0.05, 0) is 32.0 Å². The fraction of sp³-hybridized carbons (Fsp3) is 0.267. The first-order valence-electron chi connectivity index (χ1n) is 6.13. The number of aryl methyl sites for hydroxylation is 2. The fourth-order valence-corrected chi connectivity index (χ4v) is 2.26. The van der Waals surface area contributed by atoms with E-state index in [0.29, 0.717) is 4.99 Å². The van der Waals surface area contributed by atoms with Crippen molar-refractivity contribution >= 4 is 22.9 Å². The van der Waals surface area contributed by atoms with Crippen molar-refractivity contribution in [2.45, 2.75) is 20.4 Å². The molecule has 0 spiro atoms. The summed E-state index contributed by atoms with van der Waals surface area (Å²) in [6.07, 6.45) is 1.71. The van der Waals surface area contributed by atoms with Gasteiger partial charge in [0.1, 0.15) is 10.7 Å². The Labute approximate surface area is 119 Å². The van der Waals surface area contributed by atoms with Crippen molar-refractivity contribution in [1.29, 1.82) is 0 Å². The molecular weight excluding hydrogens is 256 g/mol. The van der Waals surface area contributed by atoms with Crippen molar-refractivity contribution in [2.24, 2.45) is 5.73 Å². The summed E-state index contributed by atoms with van der Waals surface area (Å²) in [6.45, 7) is 4.76. The molecule has 0 fully saturated rings. The number of rotatable bonds is 4. The molecule has 0 aliphatic heterocycles. The zero-order chi connectivity index (χ0) is 14.0. The molecule has 100 valence electrons. The lowest BCUT2D eigenvalue weighted by molar-refractivity contribution is 0.529. The van der Waals surface area contributed by atoms with E-state index in [2.05, 4.69) is 17.0 Å². The average molecular weight is 274 g/mol. The summed E-state index contributed by atoms with van der Waals surface area (Å²) in [5.41, 5.74) is 10.1. The molecular formula is C15H18N2OS. The zero-order valence-electron chi connectivity index (χ0n) is 11.4. The Morgan fingerprint density at radius 1 is 1.32 bits per heavy atom. The number of anilines is 1. The van der Waals surface area contributed by atoms with Gasteiger partial charge in [-0.15, -0.1) is 0 Å². The van der Waals surface area contributed by atoms with E-state index in [-0.39, 0.29) is 0 Å². The van der Waals surface area contributed by atoms with Crippen LogP contribution in [0.2, 0.25) is 0 Å². The molecule has 2 rings (SSSR count). The molecule has 0 bridgehead atoms. The van der Waals surface area contributed by atoms with Gasteiger partial charge in [0.05, 0.1) is 6.26 Å². The van der Waals surface area contributed by atoms with Crippen molar-refractivity contribution in [2.75, 3.05) is 11.9 Å². The maximum Gasteiger partial charge on any atom is 0.106 e. The molecule has 0 aliphatic rings. The van der Waals surface area contributed by atoms with Gasteiger partial charge in [0.25, 0.3) is 0 Å². The highest BCUT2D eigenvalue weighted by molar-refractivity contribution is 7.80. The van der Waals surface area contributed by atoms with E-state index in [4.69, 9.17) is 22.4 Å². The van der Waals surface area contributed by atoms with Gasteiger partial charge < -0.3 is 15.1 Å². The van der Waals surface area contributed by atoms with Crippen LogP contribution in [-0.4, -0.2) is 12.0 Å². The minimum atomic E-state index is 0.425. The number of furan rings is 1. The first-order chi connectivity index (χ1) is 8.99. The number of thiocarbonyl (C=S) groups is 1. The molecule has 1 aromatic heterocycles. The molecule has 19 heavy (non-hydrogen) atoms. The Morgan fingerprint density at radius 3 is 2.63 bits per heavy atom. The van der Waals surface area contributed by atoms with E-state index in [1.807, 2.05) is 33.0 Å². The van der Waals surface area contributed by atoms with Crippen LogP contribution in [0.5, 0.6) is 0 Å². The number of benzene rings is 1. The lowest BCUT2D eigenvalue weighted by Gasteiger charge is -2.22. The fourth-order valence-electron chi connectivity index (χ4n) is 2.10. The molecule has 2 aromatic rings. The van der Waals surface area contributed by atoms with E-state index in [9.17, 15) is 0 Å². The van der Waals surface area contributed by atoms with Gasteiger partial charge in [0.15, 0.2) is 0 Å². The standard InChI is InChI=1S/C15H18N2OS/c1-10-4-5-14(13(8-10)15(16)19)17(3)9-12-6-7-18-11(12)2/h4-8H,9H2,1-3H3,(H2,16,19). The topological polar surface area (TPSA) is 42.4 Å². The molecule has 0 saturated carbocycles. The molecule has 1 heterocycles. The minimum Gasteiger partial charge on any atom is -0.469 e. The summed E-state index contributed by atoms with van der Waals surface area (Å²) < 4.78 is 5.32. The van der Waals surface area contributed by atoms with Crippen molar-refractivity contribution in [3.63, 3.8) is 0 Å². The molecule has 0 aliphatic carbocycles. The molecule has 3 nitrogen and oxygen atoms in total. The highest BCUT2D eigenvalue weighted by atomic mass is 32.1. The number of nitrogens with two attached hydrogens (primary N) is 1. The summed E-state index contributed by atoms with van der Waals surface area (Å²) in [7, 11) is 2.03. The molecule has 0 saturated heterocycles. The van der Waals surface area contributed by atoms with Gasteiger partial charge in [0, 0.05) is 30.4 Å². The normalized spacial score (nSPS) is 10.5. The first kappa shape index (κ1) is 13.6. The van der Waals surface area contributed by atoms with Gasteiger partial charge in [-0.25, -0.2) is 0 Å². The predicted octanol–water partition coefficient (Wildman–Crippen LogP) is 3.17. The Morgan fingerprint density at radius 2 is 2.05 bits per heavy atom. The van der Waals surface area contributed by atoms with E-state index in [0.717, 1.165) is 34.7 Å². The zero-order valence-corrected chi connectivity index (χ0v) is 12.3. The van der Waals surface area contributed by atoms with Gasteiger partial charge in [0.2, 0.25) is 0 Å². The molecule has 0 unspecified atom stereocenters. The molecule has 0 amide bonds. The molecule has 0 radical (unpaired) electrons. The summed E-state index contributed by atoms with van der Waals surface area (Å²) in [5, 5.41) is 0. The second-order valence-corrected chi connectivity index (χ2v) is 5.18. The lowest BCUT2D eigenvalue weighted by Crippen LogP contribution is -2.21. The van der Waals surface area contributed by atoms with Crippen LogP contribution in [0.1, 0.15) is 22.5 Å². The molecule has 1 aromatic carbocycles. The van der Waals surface area contributed by atoms with Crippen LogP contribution < -0.4 is 10.6 Å². The number of hydrogen-bond acceptors (Lipinski definition) is 3. The summed E-state index contributed by atoms with van der Waals surface area (Å²) in [4.78, 5) is 2.56. The van der Waals surface area contributed by atoms with Crippen LogP contribution in [0, 0.1) is 13.8 Å². The van der Waals surface area contributed by atoms with Gasteiger partial charge in [-0.2, -0.15) is 0 Å². The van der Waals surface area contributed by atoms with Gasteiger partial charge >= 0.3 is 0 Å². The smallest absolute Gasteiger partial charge is 0.106 e. The SMILES string of the molecule is Cc1ccc(N(C)Cc2ccoc2C)c(C(N)=S)c1. The van der Waals surface area contributed by atoms with Crippen molar-refractivity contribution in [3.05, 3.63) is 53.0 Å². The first-order valence-corrected chi connectivity index (χ1v) is 6.54. The lowest BCUT2D eigenvalue weighted by atomic mass is 10.1. The van der Waals surface area contributed by atoms with Crippen LogP contribution in [0.4, 0.5) is 5.69 Å². The third kappa shape index (κ3) is 2.96. The Bertz CT molecular complexity index is 604. The van der Waals surface area contributed by atoms with Crippen LogP contribution >= 0.6 is 12.2 Å². The van der Waals surface area contributed by atoms with Crippen LogP contribution in [-0.2, 0) is 6.54 Å². The van der Waals surface area contributed by atoms with E-state index >= 15 is 0 Å². The maximum absolute atomic E-state index is 5.81. The second kappa shape index (κ2) is 5.45. The van der Waals surface area contributed by atoms with Crippen molar-refractivity contribution in [3.8, 4) is 0 Å². The summed E-state index contributed by atoms with van der Waals surface area (Å²) >= 11 is 5.13. The highest BCUT2D eigenvalue weighted by Crippen LogP contribution is 2.23. The van der Waals surface area contributed by atoms with Crippen LogP contribution in [0.3, 0.4) is 0 Å². The monoisotopic (exact) mass is 274 g/mol. The van der Waals surface area contributed by atoms with Gasteiger partial charge in [-0.1, -0.05) is 23.8 Å². The summed E-state index contributed by atoms with van der Waals surface area (Å²) in [5.74, 6) is 0.941. The predicted molar refractivity (Wildman–Crippen MR) is 82.6 cm³/mol. The highest BCUT2D eigenvalue weighted by Gasteiger charge is 2.12. The maximum atomic E-state index is 5.81. The Hall–Kier alpha value is -1.81. The van der Waals surface area contributed by atoms with Crippen molar-refractivity contribution < 1.29 is 4.42 Å². The largest absolute Gasteiger partial charge is 0.469 e. The van der Waals surface area contributed by atoms with E-state index in [1.165, 1.54) is 0 Å². The average Bonchev–Trinajstić information content (AvgIpc) is 2.74.